The SMILES string of the molecule is C[C@@H](NC(=O)/C=C/c1ccccc1[N+](=O)[O-])c1ccc(Br)cc1. The second-order valence-corrected chi connectivity index (χ2v) is 5.85. The summed E-state index contributed by atoms with van der Waals surface area (Å²) in [7, 11) is 0. The van der Waals surface area contributed by atoms with Crippen molar-refractivity contribution in [3.05, 3.63) is 80.3 Å². The van der Waals surface area contributed by atoms with Gasteiger partial charge in [0.1, 0.15) is 0 Å². The second-order valence-electron chi connectivity index (χ2n) is 4.93. The van der Waals surface area contributed by atoms with E-state index >= 15 is 0 Å². The molecule has 6 heteroatoms. The number of rotatable bonds is 5. The molecule has 118 valence electrons. The van der Waals surface area contributed by atoms with Gasteiger partial charge in [0.25, 0.3) is 5.69 Å². The number of nitro benzene ring substituents is 1. The molecule has 1 amide bonds. The summed E-state index contributed by atoms with van der Waals surface area (Å²) in [6, 6.07) is 13.8. The van der Waals surface area contributed by atoms with E-state index in [9.17, 15) is 14.9 Å². The van der Waals surface area contributed by atoms with Crippen LogP contribution in [0.1, 0.15) is 24.1 Å². The van der Waals surface area contributed by atoms with E-state index in [0.29, 0.717) is 5.56 Å². The molecule has 0 saturated heterocycles. The number of nitrogens with zero attached hydrogens (tertiary/aromatic N) is 1. The van der Waals surface area contributed by atoms with Crippen LogP contribution < -0.4 is 5.32 Å². The first-order valence-electron chi connectivity index (χ1n) is 6.95. The molecule has 2 aromatic carbocycles. The number of nitrogens with one attached hydrogen (secondary N) is 1. The molecule has 2 rings (SSSR count). The molecule has 0 saturated carbocycles. The van der Waals surface area contributed by atoms with Gasteiger partial charge in [-0.1, -0.05) is 40.2 Å². The summed E-state index contributed by atoms with van der Waals surface area (Å²) in [6.07, 6.45) is 2.75. The molecule has 0 aliphatic rings. The van der Waals surface area contributed by atoms with Crippen LogP contribution in [0, 0.1) is 10.1 Å². The van der Waals surface area contributed by atoms with E-state index in [1.165, 1.54) is 18.2 Å². The quantitative estimate of drug-likeness (QED) is 0.483. The van der Waals surface area contributed by atoms with Gasteiger partial charge in [-0.05, 0) is 36.8 Å². The number of hydrogen-bond donors (Lipinski definition) is 1. The number of amides is 1. The third-order valence-electron chi connectivity index (χ3n) is 3.28. The highest BCUT2D eigenvalue weighted by Gasteiger charge is 2.11. The van der Waals surface area contributed by atoms with Crippen molar-refractivity contribution in [2.75, 3.05) is 0 Å². The Hall–Kier alpha value is -2.47. The maximum atomic E-state index is 12.0. The van der Waals surface area contributed by atoms with Crippen LogP contribution in [0.4, 0.5) is 5.69 Å². The number of benzene rings is 2. The Bertz CT molecular complexity index is 742. The lowest BCUT2D eigenvalue weighted by Crippen LogP contribution is -2.24. The van der Waals surface area contributed by atoms with Crippen LogP contribution in [-0.2, 0) is 4.79 Å². The van der Waals surface area contributed by atoms with Crippen LogP contribution in [0.5, 0.6) is 0 Å². The fourth-order valence-electron chi connectivity index (χ4n) is 2.06. The number of hydrogen-bond acceptors (Lipinski definition) is 3. The zero-order valence-electron chi connectivity index (χ0n) is 12.4. The summed E-state index contributed by atoms with van der Waals surface area (Å²) in [5.41, 5.74) is 1.34. The van der Waals surface area contributed by atoms with Gasteiger partial charge in [-0.3, -0.25) is 14.9 Å². The molecular formula is C17H15BrN2O3. The van der Waals surface area contributed by atoms with Gasteiger partial charge in [0.05, 0.1) is 16.5 Å². The third kappa shape index (κ3) is 4.75. The lowest BCUT2D eigenvalue weighted by molar-refractivity contribution is -0.385. The van der Waals surface area contributed by atoms with Crippen molar-refractivity contribution in [3.63, 3.8) is 0 Å². The normalized spacial score (nSPS) is 12.1. The Kier molecular flexibility index (Phi) is 5.65. The van der Waals surface area contributed by atoms with Crippen molar-refractivity contribution in [2.45, 2.75) is 13.0 Å². The zero-order chi connectivity index (χ0) is 16.8. The van der Waals surface area contributed by atoms with Crippen LogP contribution in [0.25, 0.3) is 6.08 Å². The van der Waals surface area contributed by atoms with Crippen LogP contribution in [0.3, 0.4) is 0 Å². The maximum Gasteiger partial charge on any atom is 0.276 e. The van der Waals surface area contributed by atoms with E-state index in [1.54, 1.807) is 18.2 Å². The van der Waals surface area contributed by atoms with Gasteiger partial charge < -0.3 is 5.32 Å². The van der Waals surface area contributed by atoms with E-state index < -0.39 is 4.92 Å². The van der Waals surface area contributed by atoms with Crippen LogP contribution in [0.15, 0.2) is 59.1 Å². The minimum atomic E-state index is -0.470. The molecule has 1 atom stereocenters. The molecule has 2 aromatic rings. The first-order valence-corrected chi connectivity index (χ1v) is 7.74. The minimum absolute atomic E-state index is 0.0301. The molecule has 0 aromatic heterocycles. The zero-order valence-corrected chi connectivity index (χ0v) is 14.0. The van der Waals surface area contributed by atoms with Gasteiger partial charge in [-0.2, -0.15) is 0 Å². The molecule has 1 N–H and O–H groups in total. The molecule has 0 radical (unpaired) electrons. The first kappa shape index (κ1) is 16.9. The van der Waals surface area contributed by atoms with Crippen molar-refractivity contribution in [1.82, 2.24) is 5.32 Å². The standard InChI is InChI=1S/C17H15BrN2O3/c1-12(13-6-9-15(18)10-7-13)19-17(21)11-8-14-4-2-3-5-16(14)20(22)23/h2-12H,1H3,(H,19,21)/b11-8+/t12-/m1/s1. The lowest BCUT2D eigenvalue weighted by Gasteiger charge is -2.12. The summed E-state index contributed by atoms with van der Waals surface area (Å²) in [5.74, 6) is -0.307. The van der Waals surface area contributed by atoms with Crippen molar-refractivity contribution in [3.8, 4) is 0 Å². The highest BCUT2D eigenvalue weighted by atomic mass is 79.9. The van der Waals surface area contributed by atoms with E-state index in [2.05, 4.69) is 21.2 Å². The average molecular weight is 375 g/mol. The molecule has 0 spiro atoms. The van der Waals surface area contributed by atoms with Crippen LogP contribution in [0.2, 0.25) is 0 Å². The highest BCUT2D eigenvalue weighted by molar-refractivity contribution is 9.10. The van der Waals surface area contributed by atoms with Gasteiger partial charge in [-0.25, -0.2) is 0 Å². The topological polar surface area (TPSA) is 72.2 Å². The average Bonchev–Trinajstić information content (AvgIpc) is 2.53. The van der Waals surface area contributed by atoms with E-state index in [1.807, 2.05) is 31.2 Å². The molecule has 0 fully saturated rings. The van der Waals surface area contributed by atoms with Crippen molar-refractivity contribution >= 4 is 33.6 Å². The van der Waals surface area contributed by atoms with Crippen molar-refractivity contribution in [2.24, 2.45) is 0 Å². The summed E-state index contributed by atoms with van der Waals surface area (Å²) >= 11 is 3.36. The van der Waals surface area contributed by atoms with Crippen molar-refractivity contribution in [1.29, 1.82) is 0 Å². The fourth-order valence-corrected chi connectivity index (χ4v) is 2.32. The third-order valence-corrected chi connectivity index (χ3v) is 3.81. The Balaban J connectivity index is 2.04. The maximum absolute atomic E-state index is 12.0. The molecule has 0 heterocycles. The smallest absolute Gasteiger partial charge is 0.276 e. The molecule has 0 aliphatic carbocycles. The fraction of sp³-hybridized carbons (Fsp3) is 0.118. The number of para-hydroxylation sites is 1. The Labute approximate surface area is 142 Å². The second kappa shape index (κ2) is 7.69. The van der Waals surface area contributed by atoms with E-state index in [0.717, 1.165) is 10.0 Å². The summed E-state index contributed by atoms with van der Waals surface area (Å²) in [5, 5.41) is 13.7. The van der Waals surface area contributed by atoms with E-state index in [-0.39, 0.29) is 17.6 Å². The molecule has 5 nitrogen and oxygen atoms in total. The Morgan fingerprint density at radius 1 is 1.22 bits per heavy atom. The van der Waals surface area contributed by atoms with E-state index in [4.69, 9.17) is 0 Å². The van der Waals surface area contributed by atoms with Gasteiger partial charge in [-0.15, -0.1) is 0 Å². The predicted octanol–water partition coefficient (Wildman–Crippen LogP) is 4.25. The van der Waals surface area contributed by atoms with Gasteiger partial charge in [0.2, 0.25) is 5.91 Å². The first-order chi connectivity index (χ1) is 11.0. The number of carbonyl (C=O) groups excluding carboxylic acids is 1. The Morgan fingerprint density at radius 3 is 2.52 bits per heavy atom. The van der Waals surface area contributed by atoms with Crippen LogP contribution >= 0.6 is 15.9 Å². The number of carbonyl (C=O) groups is 1. The van der Waals surface area contributed by atoms with Crippen LogP contribution in [-0.4, -0.2) is 10.8 Å². The molecule has 0 unspecified atom stereocenters. The molecular weight excluding hydrogens is 360 g/mol. The Morgan fingerprint density at radius 2 is 1.87 bits per heavy atom. The number of nitro groups is 1. The van der Waals surface area contributed by atoms with Gasteiger partial charge in [0, 0.05) is 16.6 Å². The predicted molar refractivity (Wildman–Crippen MR) is 92.8 cm³/mol. The molecule has 0 aliphatic heterocycles. The number of halogens is 1. The monoisotopic (exact) mass is 374 g/mol. The van der Waals surface area contributed by atoms with Gasteiger partial charge >= 0.3 is 0 Å². The summed E-state index contributed by atoms with van der Waals surface area (Å²) in [4.78, 5) is 22.4. The minimum Gasteiger partial charge on any atom is -0.346 e. The lowest BCUT2D eigenvalue weighted by atomic mass is 10.1. The molecule has 23 heavy (non-hydrogen) atoms. The molecule has 0 bridgehead atoms. The largest absolute Gasteiger partial charge is 0.346 e. The van der Waals surface area contributed by atoms with Crippen molar-refractivity contribution < 1.29 is 9.72 Å². The summed E-state index contributed by atoms with van der Waals surface area (Å²) in [6.45, 7) is 1.87. The summed E-state index contributed by atoms with van der Waals surface area (Å²) < 4.78 is 0.969. The van der Waals surface area contributed by atoms with Gasteiger partial charge in [0.15, 0.2) is 0 Å². The highest BCUT2D eigenvalue weighted by Crippen LogP contribution is 2.19.